The number of carbonyl (C=O) groups is 5. The van der Waals surface area contributed by atoms with E-state index in [9.17, 15) is 24.0 Å². The van der Waals surface area contributed by atoms with Gasteiger partial charge in [-0.2, -0.15) is 0 Å². The summed E-state index contributed by atoms with van der Waals surface area (Å²) in [6.07, 6.45) is 5.54. The van der Waals surface area contributed by atoms with Crippen LogP contribution in [0.25, 0.3) is 0 Å². The molecule has 1 heterocycles. The molecule has 11 nitrogen and oxygen atoms in total. The highest BCUT2D eigenvalue weighted by Crippen LogP contribution is 2.34. The van der Waals surface area contributed by atoms with Gasteiger partial charge >= 0.3 is 6.03 Å². The van der Waals surface area contributed by atoms with Crippen molar-refractivity contribution in [2.75, 3.05) is 17.2 Å². The van der Waals surface area contributed by atoms with Gasteiger partial charge in [-0.05, 0) is 89.6 Å². The molecule has 1 aliphatic heterocycles. The molecule has 2 aromatic rings. The Kier molecular flexibility index (Phi) is 11.0. The molecular weight excluding hydrogens is 600 g/mol. The van der Waals surface area contributed by atoms with Crippen molar-refractivity contribution in [3.8, 4) is 11.5 Å². The Labute approximate surface area is 277 Å². The molecule has 0 bridgehead atoms. The Morgan fingerprint density at radius 2 is 1.66 bits per heavy atom. The van der Waals surface area contributed by atoms with E-state index in [1.54, 1.807) is 39.0 Å². The minimum absolute atomic E-state index is 0.0595. The van der Waals surface area contributed by atoms with Crippen molar-refractivity contribution in [2.45, 2.75) is 111 Å². The van der Waals surface area contributed by atoms with Crippen LogP contribution in [0.15, 0.2) is 36.4 Å². The average Bonchev–Trinajstić information content (AvgIpc) is 3.19. The summed E-state index contributed by atoms with van der Waals surface area (Å²) in [5, 5.41) is 8.18. The van der Waals surface area contributed by atoms with Crippen molar-refractivity contribution in [1.82, 2.24) is 10.2 Å². The lowest BCUT2D eigenvalue weighted by Crippen LogP contribution is -2.55. The maximum absolute atomic E-state index is 13.9. The van der Waals surface area contributed by atoms with Crippen molar-refractivity contribution < 1.29 is 33.4 Å². The van der Waals surface area contributed by atoms with Gasteiger partial charge in [0.1, 0.15) is 17.0 Å². The molecule has 1 unspecified atom stereocenters. The Bertz CT molecular complexity index is 1520. The molecule has 4 rings (SSSR count). The van der Waals surface area contributed by atoms with E-state index in [2.05, 4.69) is 16.0 Å². The number of benzene rings is 2. The molecule has 1 aliphatic carbocycles. The molecule has 1 atom stereocenters. The smallest absolute Gasteiger partial charge is 0.326 e. The summed E-state index contributed by atoms with van der Waals surface area (Å²) >= 11 is 0. The third-order valence-electron chi connectivity index (χ3n) is 8.39. The Morgan fingerprint density at radius 1 is 0.979 bits per heavy atom. The fourth-order valence-electron chi connectivity index (χ4n) is 5.74. The number of nitrogens with one attached hydrogen (secondary N) is 3. The van der Waals surface area contributed by atoms with Crippen LogP contribution < -0.4 is 25.4 Å². The van der Waals surface area contributed by atoms with Gasteiger partial charge in [0, 0.05) is 17.5 Å². The molecule has 0 aromatic heterocycles. The van der Waals surface area contributed by atoms with Crippen molar-refractivity contribution in [1.29, 1.82) is 0 Å². The van der Waals surface area contributed by atoms with E-state index in [1.165, 1.54) is 13.8 Å². The van der Waals surface area contributed by atoms with Crippen molar-refractivity contribution in [2.24, 2.45) is 5.41 Å². The molecule has 5 amide bonds. The number of rotatable bonds is 12. The van der Waals surface area contributed by atoms with Gasteiger partial charge in [-0.1, -0.05) is 44.9 Å². The highest BCUT2D eigenvalue weighted by molar-refractivity contribution is 6.20. The predicted molar refractivity (Wildman–Crippen MR) is 180 cm³/mol. The quantitative estimate of drug-likeness (QED) is 0.144. The number of hydrogen-bond donors (Lipinski definition) is 3. The van der Waals surface area contributed by atoms with Crippen LogP contribution in [0.4, 0.5) is 16.2 Å². The van der Waals surface area contributed by atoms with Crippen LogP contribution >= 0.6 is 0 Å². The van der Waals surface area contributed by atoms with Crippen molar-refractivity contribution >= 4 is 40.9 Å². The summed E-state index contributed by atoms with van der Waals surface area (Å²) in [5.74, 6) is -1.23. The van der Waals surface area contributed by atoms with Gasteiger partial charge in [0.25, 0.3) is 11.8 Å². The van der Waals surface area contributed by atoms with Crippen molar-refractivity contribution in [3.05, 3.63) is 47.5 Å². The summed E-state index contributed by atoms with van der Waals surface area (Å²) in [4.78, 5) is 67.3. The maximum Gasteiger partial charge on any atom is 0.326 e. The zero-order valence-electron chi connectivity index (χ0n) is 28.6. The molecule has 1 saturated carbocycles. The Morgan fingerprint density at radius 3 is 2.28 bits per heavy atom. The highest BCUT2D eigenvalue weighted by atomic mass is 16.5. The number of Topliss-reactive ketones (excluding diaryl/α,β-unsaturated/α-hetero) is 1. The first-order chi connectivity index (χ1) is 22.1. The van der Waals surface area contributed by atoms with Gasteiger partial charge in [0.2, 0.25) is 5.91 Å². The molecule has 0 spiro atoms. The number of nitrogens with zero attached hydrogens (tertiary/aromatic N) is 1. The summed E-state index contributed by atoms with van der Waals surface area (Å²) in [7, 11) is 0. The van der Waals surface area contributed by atoms with Gasteiger partial charge in [-0.3, -0.25) is 19.2 Å². The van der Waals surface area contributed by atoms with Gasteiger partial charge in [-0.15, -0.1) is 0 Å². The molecule has 1 saturated heterocycles. The maximum atomic E-state index is 13.9. The zero-order valence-corrected chi connectivity index (χ0v) is 28.6. The average molecular weight is 649 g/mol. The number of anilines is 2. The largest absolute Gasteiger partial charge is 0.493 e. The zero-order chi connectivity index (χ0) is 34.5. The lowest BCUT2D eigenvalue weighted by molar-refractivity contribution is -0.144. The molecule has 0 radical (unpaired) electrons. The minimum Gasteiger partial charge on any atom is -0.493 e. The fourth-order valence-corrected chi connectivity index (χ4v) is 5.74. The van der Waals surface area contributed by atoms with E-state index < -0.39 is 40.6 Å². The lowest BCUT2D eigenvalue weighted by atomic mass is 9.85. The predicted octanol–water partition coefficient (Wildman–Crippen LogP) is 6.07. The first-order valence-corrected chi connectivity index (χ1v) is 16.4. The number of hydrogen-bond acceptors (Lipinski definition) is 7. The van der Waals surface area contributed by atoms with E-state index in [0.29, 0.717) is 29.4 Å². The molecular formula is C36H48N4O7. The van der Waals surface area contributed by atoms with Crippen LogP contribution in [0, 0.1) is 19.3 Å². The number of aryl methyl sites for hydroxylation is 2. The number of carbonyl (C=O) groups excluding carboxylic acids is 5. The first-order valence-electron chi connectivity index (χ1n) is 16.4. The van der Waals surface area contributed by atoms with Crippen LogP contribution in [0.5, 0.6) is 11.5 Å². The molecule has 11 heteroatoms. The lowest BCUT2D eigenvalue weighted by Gasteiger charge is -2.30. The summed E-state index contributed by atoms with van der Waals surface area (Å²) in [5.41, 5.74) is 0.478. The van der Waals surface area contributed by atoms with Crippen LogP contribution in [-0.4, -0.2) is 58.7 Å². The van der Waals surface area contributed by atoms with Gasteiger partial charge in [0.05, 0.1) is 18.4 Å². The minimum atomic E-state index is -1.72. The summed E-state index contributed by atoms with van der Waals surface area (Å²) in [6.45, 7) is 12.3. The first kappa shape index (κ1) is 35.4. The molecule has 2 fully saturated rings. The van der Waals surface area contributed by atoms with Crippen LogP contribution in [-0.2, 0) is 19.2 Å². The standard InChI is InChI=1S/C36H48N4O7/c1-22-15-17-27(23(2)20-22)46-19-11-14-29(41)37-24-16-18-28(47-25-12-9-8-10-13-25)26(21-24)38-32(43)30(31(42)35(3,4)5)40-33(44)36(6,7)39-34(40)45/h15-18,20-21,25,30H,8-14,19H2,1-7H3,(H,37,41)(H,38,43)(H,39,45). The highest BCUT2D eigenvalue weighted by Gasteiger charge is 2.53. The van der Waals surface area contributed by atoms with Gasteiger partial charge in [0.15, 0.2) is 11.8 Å². The van der Waals surface area contributed by atoms with Gasteiger partial charge in [-0.25, -0.2) is 9.69 Å². The molecule has 47 heavy (non-hydrogen) atoms. The normalized spacial score (nSPS) is 17.1. The van der Waals surface area contributed by atoms with Crippen LogP contribution in [0.1, 0.15) is 90.7 Å². The fraction of sp³-hybridized carbons (Fsp3) is 0.528. The number of imide groups is 1. The summed E-state index contributed by atoms with van der Waals surface area (Å²) in [6, 6.07) is 8.32. The molecule has 254 valence electrons. The second kappa shape index (κ2) is 14.6. The Hall–Kier alpha value is -4.41. The van der Waals surface area contributed by atoms with E-state index in [1.807, 2.05) is 32.0 Å². The van der Waals surface area contributed by atoms with E-state index in [0.717, 1.165) is 49.0 Å². The topological polar surface area (TPSA) is 143 Å². The molecule has 3 N–H and O–H groups in total. The van der Waals surface area contributed by atoms with E-state index in [4.69, 9.17) is 9.47 Å². The van der Waals surface area contributed by atoms with Crippen LogP contribution in [0.3, 0.4) is 0 Å². The van der Waals surface area contributed by atoms with Crippen molar-refractivity contribution in [3.63, 3.8) is 0 Å². The Balaban J connectivity index is 1.53. The SMILES string of the molecule is Cc1ccc(OCCCC(=O)Nc2ccc(OC3CCCCC3)c(NC(=O)C(C(=O)C(C)(C)C)N3C(=O)NC(C)(C)C3=O)c2)c(C)c1. The summed E-state index contributed by atoms with van der Waals surface area (Å²) < 4.78 is 12.2. The number of ketones is 1. The second-order valence-electron chi connectivity index (χ2n) is 14.1. The monoisotopic (exact) mass is 648 g/mol. The number of urea groups is 1. The number of ether oxygens (including phenoxy) is 2. The third-order valence-corrected chi connectivity index (χ3v) is 8.39. The number of amides is 5. The molecule has 2 aromatic carbocycles. The second-order valence-corrected chi connectivity index (χ2v) is 14.1. The third kappa shape index (κ3) is 8.90. The molecule has 2 aliphatic rings. The van der Waals surface area contributed by atoms with E-state index >= 15 is 0 Å². The van der Waals surface area contributed by atoms with Crippen LogP contribution in [0.2, 0.25) is 0 Å². The van der Waals surface area contributed by atoms with E-state index in [-0.39, 0.29) is 24.1 Å². The van der Waals surface area contributed by atoms with Gasteiger partial charge < -0.3 is 25.4 Å².